The van der Waals surface area contributed by atoms with Gasteiger partial charge in [0.2, 0.25) is 5.89 Å². The third kappa shape index (κ3) is 4.12. The smallest absolute Gasteiger partial charge is 0.313 e. The molecule has 5 rings (SSSR count). The van der Waals surface area contributed by atoms with Gasteiger partial charge in [0.25, 0.3) is 0 Å². The molecule has 1 atom stereocenters. The molecule has 164 valence electrons. The molecule has 2 aliphatic carbocycles. The number of rotatable bonds is 6. The zero-order chi connectivity index (χ0) is 22.1. The summed E-state index contributed by atoms with van der Waals surface area (Å²) >= 11 is 0. The van der Waals surface area contributed by atoms with Crippen LogP contribution >= 0.6 is 0 Å². The molecule has 2 N–H and O–H groups in total. The van der Waals surface area contributed by atoms with E-state index in [2.05, 4.69) is 20.5 Å². The van der Waals surface area contributed by atoms with E-state index in [4.69, 9.17) is 4.42 Å². The predicted octanol–water partition coefficient (Wildman–Crippen LogP) is 4.06. The normalized spacial score (nSPS) is 24.2. The van der Waals surface area contributed by atoms with Crippen molar-refractivity contribution in [1.29, 1.82) is 0 Å². The SMILES string of the molecule is O=C(Nc1ccc(C2CCC3(CC2)CC3C(=O)O)nc1)c1nnc(Cc2ccccc2)o1. The van der Waals surface area contributed by atoms with Gasteiger partial charge in [-0.25, -0.2) is 0 Å². The van der Waals surface area contributed by atoms with E-state index in [0.717, 1.165) is 43.4 Å². The van der Waals surface area contributed by atoms with Crippen LogP contribution in [0.4, 0.5) is 5.69 Å². The van der Waals surface area contributed by atoms with Crippen molar-refractivity contribution in [2.45, 2.75) is 44.4 Å². The molecule has 0 radical (unpaired) electrons. The predicted molar refractivity (Wildman–Crippen MR) is 115 cm³/mol. The molecule has 1 spiro atoms. The maximum Gasteiger partial charge on any atom is 0.313 e. The maximum absolute atomic E-state index is 12.4. The van der Waals surface area contributed by atoms with Crippen LogP contribution in [-0.2, 0) is 11.2 Å². The average molecular weight is 432 g/mol. The van der Waals surface area contributed by atoms with Crippen LogP contribution in [0.5, 0.6) is 0 Å². The topological polar surface area (TPSA) is 118 Å². The van der Waals surface area contributed by atoms with Crippen molar-refractivity contribution in [3.63, 3.8) is 0 Å². The van der Waals surface area contributed by atoms with Gasteiger partial charge < -0.3 is 14.8 Å². The van der Waals surface area contributed by atoms with Crippen molar-refractivity contribution < 1.29 is 19.1 Å². The standard InChI is InChI=1S/C24H24N4O4/c29-21(22-28-27-20(32-22)12-15-4-2-1-3-5-15)26-17-6-7-19(25-14-17)16-8-10-24(11-9-16)13-18(24)23(30)31/h1-7,14,16,18H,8-13H2,(H,26,29)(H,30,31). The second kappa shape index (κ2) is 8.18. The van der Waals surface area contributed by atoms with E-state index < -0.39 is 11.9 Å². The number of aliphatic carboxylic acids is 1. The molecule has 2 aromatic heterocycles. The van der Waals surface area contributed by atoms with Gasteiger partial charge in [-0.05, 0) is 55.2 Å². The quantitative estimate of drug-likeness (QED) is 0.603. The Bertz CT molecular complexity index is 1120. The molecule has 0 bridgehead atoms. The summed E-state index contributed by atoms with van der Waals surface area (Å²) < 4.78 is 5.49. The fraction of sp³-hybridized carbons (Fsp3) is 0.375. The van der Waals surface area contributed by atoms with Crippen LogP contribution in [0.2, 0.25) is 0 Å². The highest BCUT2D eigenvalue weighted by Gasteiger charge is 2.58. The zero-order valence-electron chi connectivity index (χ0n) is 17.5. The Kier molecular flexibility index (Phi) is 5.20. The number of pyridine rings is 1. The Morgan fingerprint density at radius 1 is 1.09 bits per heavy atom. The van der Waals surface area contributed by atoms with Gasteiger partial charge in [0.15, 0.2) is 0 Å². The number of hydrogen-bond acceptors (Lipinski definition) is 6. The lowest BCUT2D eigenvalue weighted by Crippen LogP contribution is -2.19. The van der Waals surface area contributed by atoms with Gasteiger partial charge in [0.05, 0.1) is 24.2 Å². The van der Waals surface area contributed by atoms with E-state index in [1.165, 1.54) is 0 Å². The van der Waals surface area contributed by atoms with Gasteiger partial charge in [0, 0.05) is 11.6 Å². The number of anilines is 1. The van der Waals surface area contributed by atoms with E-state index in [-0.39, 0.29) is 17.2 Å². The number of benzene rings is 1. The van der Waals surface area contributed by atoms with Gasteiger partial charge in [-0.2, -0.15) is 0 Å². The fourth-order valence-corrected chi connectivity index (χ4v) is 4.83. The van der Waals surface area contributed by atoms with Crippen LogP contribution in [0, 0.1) is 11.3 Å². The Labute approximate surface area is 185 Å². The highest BCUT2D eigenvalue weighted by Crippen LogP contribution is 2.63. The van der Waals surface area contributed by atoms with Crippen LogP contribution in [0.25, 0.3) is 0 Å². The van der Waals surface area contributed by atoms with Crippen molar-refractivity contribution >= 4 is 17.6 Å². The first-order valence-corrected chi connectivity index (χ1v) is 10.9. The summed E-state index contributed by atoms with van der Waals surface area (Å²) in [4.78, 5) is 28.2. The monoisotopic (exact) mass is 432 g/mol. The average Bonchev–Trinajstić information content (AvgIpc) is 3.30. The molecule has 2 aliphatic rings. The third-order valence-electron chi connectivity index (χ3n) is 6.79. The minimum absolute atomic E-state index is 0.0275. The van der Waals surface area contributed by atoms with Crippen LogP contribution in [-0.4, -0.2) is 32.2 Å². The van der Waals surface area contributed by atoms with Crippen LogP contribution < -0.4 is 5.32 Å². The number of carboxylic acid groups (broad SMARTS) is 1. The molecule has 0 saturated heterocycles. The van der Waals surface area contributed by atoms with Crippen LogP contribution in [0.3, 0.4) is 0 Å². The van der Waals surface area contributed by atoms with Gasteiger partial charge in [-0.3, -0.25) is 14.6 Å². The Hall–Kier alpha value is -3.55. The van der Waals surface area contributed by atoms with E-state index >= 15 is 0 Å². The Balaban J connectivity index is 1.16. The van der Waals surface area contributed by atoms with Gasteiger partial charge in [-0.15, -0.1) is 10.2 Å². The molecule has 2 heterocycles. The summed E-state index contributed by atoms with van der Waals surface area (Å²) in [6, 6.07) is 13.5. The summed E-state index contributed by atoms with van der Waals surface area (Å²) in [6.45, 7) is 0. The molecule has 8 heteroatoms. The number of carbonyl (C=O) groups is 2. The third-order valence-corrected chi connectivity index (χ3v) is 6.79. The number of nitrogens with one attached hydrogen (secondary N) is 1. The first-order valence-electron chi connectivity index (χ1n) is 10.9. The summed E-state index contributed by atoms with van der Waals surface area (Å²) in [5.41, 5.74) is 2.59. The van der Waals surface area contributed by atoms with Crippen LogP contribution in [0.15, 0.2) is 53.1 Å². The maximum atomic E-state index is 12.4. The van der Waals surface area contributed by atoms with Gasteiger partial charge >= 0.3 is 17.8 Å². The minimum Gasteiger partial charge on any atom is -0.481 e. The minimum atomic E-state index is -0.657. The molecule has 32 heavy (non-hydrogen) atoms. The molecule has 1 unspecified atom stereocenters. The van der Waals surface area contributed by atoms with E-state index in [1.807, 2.05) is 42.5 Å². The number of carbonyl (C=O) groups excluding carboxylic acids is 1. The van der Waals surface area contributed by atoms with Crippen LogP contribution in [0.1, 0.15) is 65.9 Å². The fourth-order valence-electron chi connectivity index (χ4n) is 4.83. The Morgan fingerprint density at radius 2 is 1.88 bits per heavy atom. The molecule has 1 aromatic carbocycles. The molecule has 0 aliphatic heterocycles. The molecule has 2 fully saturated rings. The lowest BCUT2D eigenvalue weighted by Gasteiger charge is -2.28. The first kappa shape index (κ1) is 20.4. The van der Waals surface area contributed by atoms with Gasteiger partial charge in [0.1, 0.15) is 0 Å². The molecular weight excluding hydrogens is 408 g/mol. The zero-order valence-corrected chi connectivity index (χ0v) is 17.5. The highest BCUT2D eigenvalue weighted by atomic mass is 16.4. The number of hydrogen-bond donors (Lipinski definition) is 2. The summed E-state index contributed by atoms with van der Waals surface area (Å²) in [6.07, 6.45) is 6.71. The molecule has 2 saturated carbocycles. The van der Waals surface area contributed by atoms with Crippen molar-refractivity contribution in [3.8, 4) is 0 Å². The number of aromatic nitrogens is 3. The number of carboxylic acids is 1. The lowest BCUT2D eigenvalue weighted by molar-refractivity contribution is -0.139. The van der Waals surface area contributed by atoms with Crippen molar-refractivity contribution in [1.82, 2.24) is 15.2 Å². The second-order valence-corrected chi connectivity index (χ2v) is 8.82. The first-order chi connectivity index (χ1) is 15.5. The summed E-state index contributed by atoms with van der Waals surface area (Å²) in [5.74, 6) is -0.668. The lowest BCUT2D eigenvalue weighted by atomic mass is 9.77. The highest BCUT2D eigenvalue weighted by molar-refractivity contribution is 6.00. The Morgan fingerprint density at radius 3 is 2.53 bits per heavy atom. The van der Waals surface area contributed by atoms with E-state index in [9.17, 15) is 14.7 Å². The van der Waals surface area contributed by atoms with E-state index in [1.54, 1.807) is 6.20 Å². The summed E-state index contributed by atoms with van der Waals surface area (Å²) in [7, 11) is 0. The second-order valence-electron chi connectivity index (χ2n) is 8.82. The molecule has 1 amide bonds. The number of amides is 1. The summed E-state index contributed by atoms with van der Waals surface area (Å²) in [5, 5.41) is 19.8. The molecule has 3 aromatic rings. The van der Waals surface area contributed by atoms with E-state index in [0.29, 0.717) is 23.9 Å². The van der Waals surface area contributed by atoms with Crippen molar-refractivity contribution in [2.75, 3.05) is 5.32 Å². The number of nitrogens with zero attached hydrogens (tertiary/aromatic N) is 3. The van der Waals surface area contributed by atoms with Gasteiger partial charge in [-0.1, -0.05) is 30.3 Å². The van der Waals surface area contributed by atoms with Crippen molar-refractivity contribution in [3.05, 3.63) is 71.7 Å². The van der Waals surface area contributed by atoms with Crippen molar-refractivity contribution in [2.24, 2.45) is 11.3 Å². The molecular formula is C24H24N4O4. The molecule has 8 nitrogen and oxygen atoms in total. The largest absolute Gasteiger partial charge is 0.481 e.